The molecule has 0 aliphatic carbocycles. The first-order chi connectivity index (χ1) is 19.4. The molecule has 13 heteroatoms. The van der Waals surface area contributed by atoms with Crippen molar-refractivity contribution in [1.82, 2.24) is 10.0 Å². The van der Waals surface area contributed by atoms with Crippen molar-refractivity contribution in [2.45, 2.75) is 30.6 Å². The number of rotatable bonds is 7. The van der Waals surface area contributed by atoms with Gasteiger partial charge in [-0.25, -0.2) is 17.9 Å². The van der Waals surface area contributed by atoms with Gasteiger partial charge in [-0.3, -0.25) is 4.90 Å². The number of carbonyl (C=O) groups is 1. The third-order valence-corrected chi connectivity index (χ3v) is 7.84. The molecule has 2 N–H and O–H groups in total. The van der Waals surface area contributed by atoms with Crippen LogP contribution >= 0.6 is 0 Å². The van der Waals surface area contributed by atoms with Gasteiger partial charge in [0.1, 0.15) is 5.75 Å². The van der Waals surface area contributed by atoms with Crippen LogP contribution in [0.2, 0.25) is 0 Å². The van der Waals surface area contributed by atoms with Gasteiger partial charge in [0, 0.05) is 12.2 Å². The molecule has 4 rings (SSSR count). The number of hydrogen-bond donors (Lipinski definition) is 2. The van der Waals surface area contributed by atoms with Crippen LogP contribution in [0.4, 0.5) is 23.7 Å². The van der Waals surface area contributed by atoms with Crippen molar-refractivity contribution in [1.29, 1.82) is 10.5 Å². The molecule has 0 aromatic heterocycles. The minimum Gasteiger partial charge on any atom is -0.497 e. The average molecular weight is 582 g/mol. The molecule has 210 valence electrons. The Balaban J connectivity index is 1.77. The number of nitriles is 2. The molecule has 3 aromatic rings. The number of anilines is 1. The summed E-state index contributed by atoms with van der Waals surface area (Å²) in [5, 5.41) is 22.0. The summed E-state index contributed by atoms with van der Waals surface area (Å²) in [5.74, 6) is 0.517. The van der Waals surface area contributed by atoms with Crippen LogP contribution in [0.3, 0.4) is 0 Å². The van der Waals surface area contributed by atoms with Gasteiger partial charge in [-0.15, -0.1) is 0 Å². The highest BCUT2D eigenvalue weighted by molar-refractivity contribution is 7.89. The van der Waals surface area contributed by atoms with E-state index in [4.69, 9.17) is 4.74 Å². The monoisotopic (exact) mass is 581 g/mol. The van der Waals surface area contributed by atoms with E-state index in [1.54, 1.807) is 24.3 Å². The number of halogens is 3. The van der Waals surface area contributed by atoms with Gasteiger partial charge in [-0.2, -0.15) is 23.7 Å². The number of urea groups is 1. The van der Waals surface area contributed by atoms with E-state index in [9.17, 15) is 36.9 Å². The second-order valence-electron chi connectivity index (χ2n) is 8.92. The van der Waals surface area contributed by atoms with Crippen LogP contribution in [0.5, 0.6) is 5.75 Å². The Kier molecular flexibility index (Phi) is 8.05. The molecule has 1 unspecified atom stereocenters. The molecule has 9 nitrogen and oxygen atoms in total. The lowest BCUT2D eigenvalue weighted by molar-refractivity contribution is -0.137. The molecule has 1 aliphatic heterocycles. The fourth-order valence-electron chi connectivity index (χ4n) is 4.37. The summed E-state index contributed by atoms with van der Waals surface area (Å²) >= 11 is 0. The van der Waals surface area contributed by atoms with Gasteiger partial charge >= 0.3 is 12.2 Å². The molecule has 0 fully saturated rings. The largest absolute Gasteiger partial charge is 0.497 e. The van der Waals surface area contributed by atoms with Crippen LogP contribution in [-0.4, -0.2) is 21.6 Å². The van der Waals surface area contributed by atoms with Gasteiger partial charge < -0.3 is 10.1 Å². The fourth-order valence-corrected chi connectivity index (χ4v) is 5.66. The van der Waals surface area contributed by atoms with E-state index in [2.05, 4.69) is 10.0 Å². The Labute approximate surface area is 234 Å². The third kappa shape index (κ3) is 6.01. The highest BCUT2D eigenvalue weighted by Crippen LogP contribution is 2.38. The van der Waals surface area contributed by atoms with Gasteiger partial charge in [0.2, 0.25) is 10.0 Å². The van der Waals surface area contributed by atoms with Gasteiger partial charge in [0.05, 0.1) is 52.6 Å². The van der Waals surface area contributed by atoms with Crippen LogP contribution < -0.4 is 19.7 Å². The standard InChI is InChI=1S/C28H22F3N5O4S/c1-17-24(15-33)26(35-27(37)36(17)21-7-4-6-20(13-21)28(29,30)31)23-10-9-18(14-32)12-25(23)41(38,39)34-16-19-5-3-8-22(11-19)40-2/h3-13,26,34H,16H2,1-2H3,(H,35,37). The van der Waals surface area contributed by atoms with E-state index in [0.29, 0.717) is 11.3 Å². The maximum Gasteiger partial charge on any atom is 0.416 e. The Hall–Kier alpha value is -4.85. The number of nitrogens with zero attached hydrogens (tertiary/aromatic N) is 3. The highest BCUT2D eigenvalue weighted by Gasteiger charge is 2.37. The van der Waals surface area contributed by atoms with Gasteiger partial charge in [-0.1, -0.05) is 24.3 Å². The highest BCUT2D eigenvalue weighted by atomic mass is 32.2. The summed E-state index contributed by atoms with van der Waals surface area (Å²) < 4.78 is 74.5. The number of allylic oxidation sites excluding steroid dienone is 1. The predicted octanol–water partition coefficient (Wildman–Crippen LogP) is 5.13. The van der Waals surface area contributed by atoms with E-state index in [1.807, 2.05) is 12.1 Å². The average Bonchev–Trinajstić information content (AvgIpc) is 2.95. The summed E-state index contributed by atoms with van der Waals surface area (Å²) in [4.78, 5) is 13.8. The normalized spacial score (nSPS) is 15.6. The first-order valence-electron chi connectivity index (χ1n) is 11.9. The second kappa shape index (κ2) is 11.3. The molecule has 3 aromatic carbocycles. The van der Waals surface area contributed by atoms with Gasteiger partial charge in [0.15, 0.2) is 0 Å². The van der Waals surface area contributed by atoms with Gasteiger partial charge in [0.25, 0.3) is 0 Å². The Morgan fingerprint density at radius 3 is 2.44 bits per heavy atom. The van der Waals surface area contributed by atoms with E-state index in [0.717, 1.165) is 29.2 Å². The molecule has 2 amide bonds. The summed E-state index contributed by atoms with van der Waals surface area (Å²) in [5.41, 5.74) is -0.611. The molecule has 1 atom stereocenters. The number of sulfonamides is 1. The van der Waals surface area contributed by atoms with E-state index in [1.165, 1.54) is 32.2 Å². The Morgan fingerprint density at radius 2 is 1.78 bits per heavy atom. The minimum atomic E-state index is -4.66. The lowest BCUT2D eigenvalue weighted by Gasteiger charge is -2.34. The molecule has 0 radical (unpaired) electrons. The zero-order valence-electron chi connectivity index (χ0n) is 21.7. The number of alkyl halides is 3. The van der Waals surface area contributed by atoms with Crippen molar-refractivity contribution < 1.29 is 31.1 Å². The SMILES string of the molecule is COc1cccc(CNS(=O)(=O)c2cc(C#N)ccc2C2NC(=O)N(c3cccc(C(F)(F)F)c3)C(C)=C2C#N)c1. The minimum absolute atomic E-state index is 0.00455. The van der Waals surface area contributed by atoms with E-state index >= 15 is 0 Å². The molecule has 0 bridgehead atoms. The number of benzene rings is 3. The molecule has 1 heterocycles. The summed E-state index contributed by atoms with van der Waals surface area (Å²) in [7, 11) is -2.84. The maximum atomic E-state index is 13.5. The van der Waals surface area contributed by atoms with Crippen molar-refractivity contribution >= 4 is 21.7 Å². The summed E-state index contributed by atoms with van der Waals surface area (Å²) in [6.45, 7) is 1.25. The second-order valence-corrected chi connectivity index (χ2v) is 10.7. The van der Waals surface area contributed by atoms with Crippen molar-refractivity contribution in [2.24, 2.45) is 0 Å². The topological polar surface area (TPSA) is 135 Å². The Morgan fingerprint density at radius 1 is 1.05 bits per heavy atom. The van der Waals surface area contributed by atoms with E-state index < -0.39 is 33.8 Å². The zero-order valence-corrected chi connectivity index (χ0v) is 22.5. The number of ether oxygens (including phenoxy) is 1. The lowest BCUT2D eigenvalue weighted by Crippen LogP contribution is -2.47. The van der Waals surface area contributed by atoms with Crippen LogP contribution in [-0.2, 0) is 22.7 Å². The molecular formula is C28H22F3N5O4S. The van der Waals surface area contributed by atoms with E-state index in [-0.39, 0.29) is 39.5 Å². The Bertz CT molecular complexity index is 1740. The van der Waals surface area contributed by atoms with Crippen molar-refractivity contribution in [3.63, 3.8) is 0 Å². The molecule has 0 spiro atoms. The van der Waals surface area contributed by atoms with Crippen LogP contribution in [0.1, 0.15) is 35.2 Å². The molecular weight excluding hydrogens is 559 g/mol. The number of hydrogen-bond acceptors (Lipinski definition) is 6. The zero-order chi connectivity index (χ0) is 29.9. The van der Waals surface area contributed by atoms with Gasteiger partial charge in [-0.05, 0) is 60.5 Å². The lowest BCUT2D eigenvalue weighted by atomic mass is 9.94. The first-order valence-corrected chi connectivity index (χ1v) is 13.4. The smallest absolute Gasteiger partial charge is 0.416 e. The number of carbonyl (C=O) groups excluding carboxylic acids is 1. The number of amides is 2. The van der Waals surface area contributed by atoms with Crippen LogP contribution in [0.25, 0.3) is 0 Å². The number of methoxy groups -OCH3 is 1. The van der Waals surface area contributed by atoms with Crippen molar-refractivity contribution in [3.05, 3.63) is 100 Å². The molecule has 0 saturated heterocycles. The molecule has 0 saturated carbocycles. The van der Waals surface area contributed by atoms with Crippen LogP contribution in [0, 0.1) is 22.7 Å². The quantitative estimate of drug-likeness (QED) is 0.397. The molecule has 1 aliphatic rings. The first kappa shape index (κ1) is 29.1. The fraction of sp³-hybridized carbons (Fsp3) is 0.179. The van der Waals surface area contributed by atoms with Crippen molar-refractivity contribution in [3.8, 4) is 17.9 Å². The number of nitrogens with one attached hydrogen (secondary N) is 2. The predicted molar refractivity (Wildman–Crippen MR) is 142 cm³/mol. The van der Waals surface area contributed by atoms with Crippen LogP contribution in [0.15, 0.2) is 82.9 Å². The third-order valence-electron chi connectivity index (χ3n) is 6.38. The molecule has 41 heavy (non-hydrogen) atoms. The van der Waals surface area contributed by atoms with Crippen molar-refractivity contribution in [2.75, 3.05) is 12.0 Å². The maximum absolute atomic E-state index is 13.5. The summed E-state index contributed by atoms with van der Waals surface area (Å²) in [6, 6.07) is 16.2. The summed E-state index contributed by atoms with van der Waals surface area (Å²) in [6.07, 6.45) is -4.66.